The molecule has 1 aromatic carbocycles. The number of hydrogen-bond donors (Lipinski definition) is 2. The minimum Gasteiger partial charge on any atom is -0.508 e. The number of nitrogens with one attached hydrogen (secondary N) is 1. The van der Waals surface area contributed by atoms with E-state index in [0.717, 1.165) is 11.8 Å². The summed E-state index contributed by atoms with van der Waals surface area (Å²) in [5.41, 5.74) is -0.0905. The number of furan rings is 1. The van der Waals surface area contributed by atoms with E-state index in [1.54, 1.807) is 18.4 Å². The second-order valence-corrected chi connectivity index (χ2v) is 3.75. The molecule has 0 bridgehead atoms. The van der Waals surface area contributed by atoms with Gasteiger partial charge in [-0.05, 0) is 24.3 Å². The lowest BCUT2D eigenvalue weighted by atomic mass is 10.2. The fourth-order valence-electron chi connectivity index (χ4n) is 1.54. The molecule has 94 valence electrons. The SMILES string of the molecule is O=C(NCCc1ccco1)c1ccc(O)cc1F. The molecule has 0 spiro atoms. The zero-order valence-electron chi connectivity index (χ0n) is 9.52. The van der Waals surface area contributed by atoms with E-state index in [1.165, 1.54) is 12.1 Å². The van der Waals surface area contributed by atoms with E-state index >= 15 is 0 Å². The van der Waals surface area contributed by atoms with Crippen LogP contribution in [-0.4, -0.2) is 17.6 Å². The quantitative estimate of drug-likeness (QED) is 0.872. The van der Waals surface area contributed by atoms with Gasteiger partial charge in [0.1, 0.15) is 17.3 Å². The molecular formula is C13H12FNO3. The van der Waals surface area contributed by atoms with Crippen LogP contribution in [0.5, 0.6) is 5.75 Å². The maximum absolute atomic E-state index is 13.4. The van der Waals surface area contributed by atoms with Gasteiger partial charge in [-0.2, -0.15) is 0 Å². The molecular weight excluding hydrogens is 237 g/mol. The maximum atomic E-state index is 13.4. The van der Waals surface area contributed by atoms with Gasteiger partial charge >= 0.3 is 0 Å². The van der Waals surface area contributed by atoms with Crippen molar-refractivity contribution in [1.29, 1.82) is 0 Å². The molecule has 1 amide bonds. The van der Waals surface area contributed by atoms with E-state index in [1.807, 2.05) is 0 Å². The van der Waals surface area contributed by atoms with Crippen molar-refractivity contribution in [3.8, 4) is 5.75 Å². The highest BCUT2D eigenvalue weighted by molar-refractivity contribution is 5.94. The summed E-state index contributed by atoms with van der Waals surface area (Å²) in [6, 6.07) is 6.98. The molecule has 0 radical (unpaired) electrons. The monoisotopic (exact) mass is 249 g/mol. The van der Waals surface area contributed by atoms with Crippen molar-refractivity contribution in [2.45, 2.75) is 6.42 Å². The molecule has 2 rings (SSSR count). The standard InChI is InChI=1S/C13H12FNO3/c14-12-8-9(16)3-4-11(12)13(17)15-6-5-10-2-1-7-18-10/h1-4,7-8,16H,5-6H2,(H,15,17). The fourth-order valence-corrected chi connectivity index (χ4v) is 1.54. The second-order valence-electron chi connectivity index (χ2n) is 3.75. The number of amides is 1. The molecule has 5 heteroatoms. The molecule has 2 aromatic rings. The summed E-state index contributed by atoms with van der Waals surface area (Å²) >= 11 is 0. The minimum atomic E-state index is -0.745. The average Bonchev–Trinajstić information content (AvgIpc) is 2.81. The highest BCUT2D eigenvalue weighted by atomic mass is 19.1. The highest BCUT2D eigenvalue weighted by Crippen LogP contribution is 2.14. The summed E-state index contributed by atoms with van der Waals surface area (Å²) in [5.74, 6) is -0.717. The third-order valence-corrected chi connectivity index (χ3v) is 2.43. The average molecular weight is 249 g/mol. The molecule has 0 unspecified atom stereocenters. The second kappa shape index (κ2) is 5.35. The first kappa shape index (κ1) is 12.2. The molecule has 0 saturated carbocycles. The van der Waals surface area contributed by atoms with Gasteiger partial charge < -0.3 is 14.8 Å². The number of halogens is 1. The van der Waals surface area contributed by atoms with Gasteiger partial charge in [-0.3, -0.25) is 4.79 Å². The number of carbonyl (C=O) groups is 1. The lowest BCUT2D eigenvalue weighted by molar-refractivity contribution is 0.0949. The molecule has 1 heterocycles. The van der Waals surface area contributed by atoms with Crippen molar-refractivity contribution < 1.29 is 18.7 Å². The number of hydrogen-bond acceptors (Lipinski definition) is 3. The van der Waals surface area contributed by atoms with Crippen LogP contribution in [0.3, 0.4) is 0 Å². The molecule has 4 nitrogen and oxygen atoms in total. The van der Waals surface area contributed by atoms with Gasteiger partial charge in [0, 0.05) is 19.0 Å². The Labute approximate surface area is 103 Å². The predicted molar refractivity (Wildman–Crippen MR) is 62.8 cm³/mol. The molecule has 0 aliphatic heterocycles. The van der Waals surface area contributed by atoms with E-state index in [-0.39, 0.29) is 11.3 Å². The van der Waals surface area contributed by atoms with E-state index in [9.17, 15) is 9.18 Å². The molecule has 0 aliphatic rings. The first-order chi connectivity index (χ1) is 8.66. The Hall–Kier alpha value is -2.30. The van der Waals surface area contributed by atoms with Gasteiger partial charge in [-0.25, -0.2) is 4.39 Å². The summed E-state index contributed by atoms with van der Waals surface area (Å²) in [7, 11) is 0. The summed E-state index contributed by atoms with van der Waals surface area (Å²) in [4.78, 5) is 11.6. The van der Waals surface area contributed by atoms with Gasteiger partial charge in [-0.15, -0.1) is 0 Å². The van der Waals surface area contributed by atoms with Crippen LogP contribution in [-0.2, 0) is 6.42 Å². The Kier molecular flexibility index (Phi) is 3.62. The van der Waals surface area contributed by atoms with Crippen molar-refractivity contribution in [1.82, 2.24) is 5.32 Å². The van der Waals surface area contributed by atoms with Gasteiger partial charge in [-0.1, -0.05) is 0 Å². The van der Waals surface area contributed by atoms with Crippen LogP contribution in [0.2, 0.25) is 0 Å². The third-order valence-electron chi connectivity index (χ3n) is 2.43. The first-order valence-corrected chi connectivity index (χ1v) is 5.46. The van der Waals surface area contributed by atoms with Gasteiger partial charge in [0.05, 0.1) is 11.8 Å². The first-order valence-electron chi connectivity index (χ1n) is 5.46. The van der Waals surface area contributed by atoms with Crippen molar-refractivity contribution in [3.05, 3.63) is 53.7 Å². The van der Waals surface area contributed by atoms with Crippen molar-refractivity contribution in [2.24, 2.45) is 0 Å². The normalized spacial score (nSPS) is 10.3. The summed E-state index contributed by atoms with van der Waals surface area (Å²) < 4.78 is 18.5. The van der Waals surface area contributed by atoms with Crippen LogP contribution in [0.4, 0.5) is 4.39 Å². The Morgan fingerprint density at radius 1 is 1.39 bits per heavy atom. The molecule has 2 N–H and O–H groups in total. The van der Waals surface area contributed by atoms with Crippen molar-refractivity contribution in [3.63, 3.8) is 0 Å². The van der Waals surface area contributed by atoms with Gasteiger partial charge in [0.25, 0.3) is 5.91 Å². The van der Waals surface area contributed by atoms with Crippen LogP contribution in [0.15, 0.2) is 41.0 Å². The van der Waals surface area contributed by atoms with E-state index in [4.69, 9.17) is 9.52 Å². The number of carbonyl (C=O) groups excluding carboxylic acids is 1. The third kappa shape index (κ3) is 2.88. The molecule has 0 atom stereocenters. The van der Waals surface area contributed by atoms with E-state index in [2.05, 4.69) is 5.32 Å². The lowest BCUT2D eigenvalue weighted by Crippen LogP contribution is -2.26. The molecule has 18 heavy (non-hydrogen) atoms. The highest BCUT2D eigenvalue weighted by Gasteiger charge is 2.11. The number of aromatic hydroxyl groups is 1. The Balaban J connectivity index is 1.91. The fraction of sp³-hybridized carbons (Fsp3) is 0.154. The predicted octanol–water partition coefficient (Wildman–Crippen LogP) is 2.10. The minimum absolute atomic E-state index is 0.0905. The smallest absolute Gasteiger partial charge is 0.254 e. The number of phenolic OH excluding ortho intramolecular Hbond substituents is 1. The summed E-state index contributed by atoms with van der Waals surface area (Å²) in [6.45, 7) is 0.354. The zero-order valence-corrected chi connectivity index (χ0v) is 9.52. The molecule has 0 saturated heterocycles. The van der Waals surface area contributed by atoms with Crippen LogP contribution in [0, 0.1) is 5.82 Å². The van der Waals surface area contributed by atoms with Gasteiger partial charge in [0.2, 0.25) is 0 Å². The topological polar surface area (TPSA) is 62.5 Å². The van der Waals surface area contributed by atoms with Crippen LogP contribution in [0.25, 0.3) is 0 Å². The van der Waals surface area contributed by atoms with Crippen LogP contribution < -0.4 is 5.32 Å². The number of phenols is 1. The Morgan fingerprint density at radius 2 is 2.22 bits per heavy atom. The largest absolute Gasteiger partial charge is 0.508 e. The Bertz CT molecular complexity index is 537. The van der Waals surface area contributed by atoms with E-state index in [0.29, 0.717) is 13.0 Å². The van der Waals surface area contributed by atoms with Crippen LogP contribution >= 0.6 is 0 Å². The maximum Gasteiger partial charge on any atom is 0.254 e. The van der Waals surface area contributed by atoms with E-state index < -0.39 is 11.7 Å². The van der Waals surface area contributed by atoms with Crippen molar-refractivity contribution >= 4 is 5.91 Å². The lowest BCUT2D eigenvalue weighted by Gasteiger charge is -2.05. The molecule has 0 fully saturated rings. The summed E-state index contributed by atoms with van der Waals surface area (Å²) in [5, 5.41) is 11.6. The number of benzene rings is 1. The Morgan fingerprint density at radius 3 is 2.89 bits per heavy atom. The van der Waals surface area contributed by atoms with Gasteiger partial charge in [0.15, 0.2) is 0 Å². The van der Waals surface area contributed by atoms with Crippen molar-refractivity contribution in [2.75, 3.05) is 6.54 Å². The number of rotatable bonds is 4. The molecule has 0 aliphatic carbocycles. The molecule has 1 aromatic heterocycles. The zero-order chi connectivity index (χ0) is 13.0. The summed E-state index contributed by atoms with van der Waals surface area (Å²) in [6.07, 6.45) is 2.09. The van der Waals surface area contributed by atoms with Crippen LogP contribution in [0.1, 0.15) is 16.1 Å².